The fourth-order valence-electron chi connectivity index (χ4n) is 3.52. The van der Waals surface area contributed by atoms with E-state index in [0.29, 0.717) is 0 Å². The highest BCUT2D eigenvalue weighted by Crippen LogP contribution is 2.36. The second kappa shape index (κ2) is 6.96. The van der Waals surface area contributed by atoms with Gasteiger partial charge in [0.2, 0.25) is 0 Å². The second-order valence-corrected chi connectivity index (χ2v) is 6.70. The van der Waals surface area contributed by atoms with E-state index < -0.39 is 0 Å². The number of rotatable bonds is 3. The molecule has 0 saturated heterocycles. The van der Waals surface area contributed by atoms with Gasteiger partial charge in [-0.15, -0.1) is 0 Å². The molecule has 0 atom stereocenters. The van der Waals surface area contributed by atoms with Crippen LogP contribution in [0.4, 0.5) is 0 Å². The molecule has 2 aromatic carbocycles. The van der Waals surface area contributed by atoms with E-state index in [-0.39, 0.29) is 0 Å². The summed E-state index contributed by atoms with van der Waals surface area (Å²) in [6.45, 7) is 4.44. The van der Waals surface area contributed by atoms with Crippen LogP contribution >= 0.6 is 0 Å². The van der Waals surface area contributed by atoms with E-state index in [0.717, 1.165) is 11.8 Å². The van der Waals surface area contributed by atoms with Crippen molar-refractivity contribution in [2.24, 2.45) is 5.92 Å². The number of benzene rings is 2. The predicted octanol–water partition coefficient (Wildman–Crippen LogP) is 6.68. The normalized spacial score (nSPS) is 22.1. The Morgan fingerprint density at radius 3 is 1.86 bits per heavy atom. The lowest BCUT2D eigenvalue weighted by Crippen LogP contribution is -2.10. The van der Waals surface area contributed by atoms with Gasteiger partial charge in [0.05, 0.1) is 0 Å². The molecule has 0 N–H and O–H groups in total. The Balaban J connectivity index is 1.73. The fourth-order valence-corrected chi connectivity index (χ4v) is 3.52. The van der Waals surface area contributed by atoms with Crippen LogP contribution in [0.5, 0.6) is 0 Å². The maximum absolute atomic E-state index is 2.39. The summed E-state index contributed by atoms with van der Waals surface area (Å²) in [4.78, 5) is 0. The van der Waals surface area contributed by atoms with Crippen molar-refractivity contribution in [1.82, 2.24) is 0 Å². The fraction of sp³-hybridized carbons (Fsp3) is 0.364. The summed E-state index contributed by atoms with van der Waals surface area (Å²) in [6, 6.07) is 18.1. The van der Waals surface area contributed by atoms with Crippen LogP contribution in [0.1, 0.15) is 56.6 Å². The van der Waals surface area contributed by atoms with Crippen molar-refractivity contribution in [1.29, 1.82) is 0 Å². The summed E-state index contributed by atoms with van der Waals surface area (Å²) in [5.41, 5.74) is 5.41. The summed E-state index contributed by atoms with van der Waals surface area (Å²) in [6.07, 6.45) is 9.71. The molecule has 0 heteroatoms. The van der Waals surface area contributed by atoms with Crippen molar-refractivity contribution in [2.45, 2.75) is 45.4 Å². The van der Waals surface area contributed by atoms with Crippen LogP contribution in [-0.4, -0.2) is 0 Å². The summed E-state index contributed by atoms with van der Waals surface area (Å²) < 4.78 is 0. The molecule has 0 heterocycles. The lowest BCUT2D eigenvalue weighted by Gasteiger charge is -2.26. The van der Waals surface area contributed by atoms with Gasteiger partial charge in [-0.25, -0.2) is 0 Å². The number of allylic oxidation sites excluding steroid dienone is 1. The molecule has 1 aliphatic rings. The average molecular weight is 290 g/mol. The average Bonchev–Trinajstić information content (AvgIpc) is 2.57. The van der Waals surface area contributed by atoms with Crippen molar-refractivity contribution in [2.75, 3.05) is 0 Å². The first-order valence-corrected chi connectivity index (χ1v) is 8.59. The van der Waals surface area contributed by atoms with Gasteiger partial charge in [0.15, 0.2) is 0 Å². The molecule has 0 amide bonds. The van der Waals surface area contributed by atoms with Gasteiger partial charge in [0, 0.05) is 0 Å². The van der Waals surface area contributed by atoms with Gasteiger partial charge in [-0.1, -0.05) is 80.4 Å². The molecular weight excluding hydrogens is 264 g/mol. The maximum atomic E-state index is 2.39. The Morgan fingerprint density at radius 2 is 1.32 bits per heavy atom. The summed E-state index contributed by atoms with van der Waals surface area (Å²) >= 11 is 0. The zero-order valence-electron chi connectivity index (χ0n) is 13.8. The molecule has 22 heavy (non-hydrogen) atoms. The molecule has 1 saturated carbocycles. The first kappa shape index (κ1) is 15.1. The van der Waals surface area contributed by atoms with Gasteiger partial charge in [0.25, 0.3) is 0 Å². The molecule has 0 nitrogen and oxygen atoms in total. The van der Waals surface area contributed by atoms with Crippen LogP contribution in [-0.2, 0) is 0 Å². The molecule has 1 fully saturated rings. The largest absolute Gasteiger partial charge is 0.0871 e. The Labute approximate surface area is 134 Å². The molecule has 0 aliphatic heterocycles. The Morgan fingerprint density at radius 1 is 0.773 bits per heavy atom. The molecule has 0 unspecified atom stereocenters. The third-order valence-electron chi connectivity index (χ3n) is 5.00. The third-order valence-corrected chi connectivity index (χ3v) is 5.00. The minimum Gasteiger partial charge on any atom is -0.0871 e. The van der Waals surface area contributed by atoms with Gasteiger partial charge in [0.1, 0.15) is 0 Å². The van der Waals surface area contributed by atoms with Gasteiger partial charge in [-0.2, -0.15) is 0 Å². The topological polar surface area (TPSA) is 0 Å². The Kier molecular flexibility index (Phi) is 4.77. The number of hydrogen-bond acceptors (Lipinski definition) is 0. The van der Waals surface area contributed by atoms with Crippen molar-refractivity contribution >= 4 is 6.08 Å². The van der Waals surface area contributed by atoms with Gasteiger partial charge < -0.3 is 0 Å². The maximum Gasteiger partial charge on any atom is -0.0162 e. The van der Waals surface area contributed by atoms with E-state index in [9.17, 15) is 0 Å². The zero-order valence-corrected chi connectivity index (χ0v) is 13.8. The van der Waals surface area contributed by atoms with Crippen LogP contribution in [0.25, 0.3) is 17.2 Å². The molecule has 1 aliphatic carbocycles. The minimum absolute atomic E-state index is 0.780. The van der Waals surface area contributed by atoms with E-state index in [1.54, 1.807) is 0 Å². The van der Waals surface area contributed by atoms with Crippen molar-refractivity contribution in [3.8, 4) is 11.1 Å². The molecule has 0 radical (unpaired) electrons. The first-order valence-electron chi connectivity index (χ1n) is 8.59. The highest BCUT2D eigenvalue weighted by molar-refractivity contribution is 5.66. The Bertz CT molecular complexity index is 608. The van der Waals surface area contributed by atoms with E-state index in [1.165, 1.54) is 47.9 Å². The Hall–Kier alpha value is -1.82. The lowest BCUT2D eigenvalue weighted by atomic mass is 9.79. The molecule has 0 spiro atoms. The molecule has 0 aromatic heterocycles. The van der Waals surface area contributed by atoms with Crippen molar-refractivity contribution in [3.63, 3.8) is 0 Å². The van der Waals surface area contributed by atoms with Crippen LogP contribution in [0, 0.1) is 5.92 Å². The minimum atomic E-state index is 0.780. The highest BCUT2D eigenvalue weighted by Gasteiger charge is 2.19. The summed E-state index contributed by atoms with van der Waals surface area (Å²) in [5.74, 6) is 1.70. The second-order valence-electron chi connectivity index (χ2n) is 6.70. The van der Waals surface area contributed by atoms with Crippen LogP contribution < -0.4 is 0 Å². The SMILES string of the molecule is C/C=C/c1ccc(-c2ccc(C3CCC(C)CC3)cc2)cc1. The molecular formula is C22H26. The highest BCUT2D eigenvalue weighted by atomic mass is 14.2. The van der Waals surface area contributed by atoms with Crippen LogP contribution in [0.15, 0.2) is 54.6 Å². The van der Waals surface area contributed by atoms with Crippen LogP contribution in [0.3, 0.4) is 0 Å². The molecule has 0 bridgehead atoms. The predicted molar refractivity (Wildman–Crippen MR) is 97.0 cm³/mol. The van der Waals surface area contributed by atoms with E-state index in [2.05, 4.69) is 74.5 Å². The summed E-state index contributed by atoms with van der Waals surface area (Å²) in [5, 5.41) is 0. The standard InChI is InChI=1S/C22H26/c1-3-4-18-7-11-20(12-8-18)22-15-13-21(14-16-22)19-9-5-17(2)6-10-19/h3-4,7-8,11-17,19H,5-6,9-10H2,1-2H3/b4-3+. The summed E-state index contributed by atoms with van der Waals surface area (Å²) in [7, 11) is 0. The lowest BCUT2D eigenvalue weighted by molar-refractivity contribution is 0.348. The van der Waals surface area contributed by atoms with Gasteiger partial charge in [-0.05, 0) is 53.9 Å². The van der Waals surface area contributed by atoms with E-state index in [4.69, 9.17) is 0 Å². The van der Waals surface area contributed by atoms with Crippen molar-refractivity contribution in [3.05, 3.63) is 65.7 Å². The number of hydrogen-bond donors (Lipinski definition) is 0. The van der Waals surface area contributed by atoms with Crippen molar-refractivity contribution < 1.29 is 0 Å². The zero-order chi connectivity index (χ0) is 15.4. The van der Waals surface area contributed by atoms with Crippen LogP contribution in [0.2, 0.25) is 0 Å². The molecule has 2 aromatic rings. The smallest absolute Gasteiger partial charge is 0.0162 e. The first-order chi connectivity index (χ1) is 10.8. The quantitative estimate of drug-likeness (QED) is 0.591. The van der Waals surface area contributed by atoms with Gasteiger partial charge in [-0.3, -0.25) is 0 Å². The van der Waals surface area contributed by atoms with E-state index >= 15 is 0 Å². The van der Waals surface area contributed by atoms with E-state index in [1.807, 2.05) is 0 Å². The molecule has 114 valence electrons. The monoisotopic (exact) mass is 290 g/mol. The van der Waals surface area contributed by atoms with Gasteiger partial charge >= 0.3 is 0 Å². The third kappa shape index (κ3) is 3.50. The molecule has 3 rings (SSSR count).